The average Bonchev–Trinajstić information content (AvgIpc) is 2.59. The Kier molecular flexibility index (Phi) is 4.01. The van der Waals surface area contributed by atoms with Crippen molar-refractivity contribution < 1.29 is 9.90 Å². The highest BCUT2D eigenvalue weighted by atomic mass is 16.4. The standard InChI is InChI=1S/C12H23N3O2/c1-10-7-11(8-13(10)2)15-5-3-14(4-6-15)9-12(16)17/h10-11H,3-9H2,1-2H3,(H,16,17). The van der Waals surface area contributed by atoms with Crippen LogP contribution in [0.2, 0.25) is 0 Å². The van der Waals surface area contributed by atoms with Gasteiger partial charge >= 0.3 is 5.97 Å². The zero-order chi connectivity index (χ0) is 12.4. The van der Waals surface area contributed by atoms with Gasteiger partial charge in [-0.2, -0.15) is 0 Å². The predicted molar refractivity (Wildman–Crippen MR) is 66.1 cm³/mol. The van der Waals surface area contributed by atoms with Gasteiger partial charge in [0, 0.05) is 44.8 Å². The number of rotatable bonds is 3. The maximum Gasteiger partial charge on any atom is 0.317 e. The smallest absolute Gasteiger partial charge is 0.317 e. The number of piperazine rings is 1. The van der Waals surface area contributed by atoms with E-state index < -0.39 is 5.97 Å². The number of aliphatic carboxylic acids is 1. The number of likely N-dealkylation sites (tertiary alicyclic amines) is 1. The van der Waals surface area contributed by atoms with Crippen LogP contribution in [0.4, 0.5) is 0 Å². The van der Waals surface area contributed by atoms with Crippen LogP contribution in [0, 0.1) is 0 Å². The van der Waals surface area contributed by atoms with Crippen molar-refractivity contribution in [1.29, 1.82) is 0 Å². The first-order valence-electron chi connectivity index (χ1n) is 6.44. The predicted octanol–water partition coefficient (Wildman–Crippen LogP) is -0.219. The number of carbonyl (C=O) groups is 1. The molecule has 5 nitrogen and oxygen atoms in total. The lowest BCUT2D eigenvalue weighted by Gasteiger charge is -2.37. The first-order valence-corrected chi connectivity index (χ1v) is 6.44. The highest BCUT2D eigenvalue weighted by Gasteiger charge is 2.32. The van der Waals surface area contributed by atoms with Gasteiger partial charge in [0.25, 0.3) is 0 Å². The second kappa shape index (κ2) is 5.33. The van der Waals surface area contributed by atoms with Crippen molar-refractivity contribution >= 4 is 5.97 Å². The number of hydrogen-bond donors (Lipinski definition) is 1. The van der Waals surface area contributed by atoms with Gasteiger partial charge in [-0.05, 0) is 20.4 Å². The molecule has 0 aliphatic carbocycles. The Labute approximate surface area is 103 Å². The van der Waals surface area contributed by atoms with E-state index in [-0.39, 0.29) is 6.54 Å². The number of nitrogens with zero attached hydrogens (tertiary/aromatic N) is 3. The summed E-state index contributed by atoms with van der Waals surface area (Å²) in [5.74, 6) is -0.715. The molecule has 2 heterocycles. The van der Waals surface area contributed by atoms with Crippen molar-refractivity contribution in [1.82, 2.24) is 14.7 Å². The Bertz CT molecular complexity index is 267. The molecule has 0 aromatic rings. The van der Waals surface area contributed by atoms with Gasteiger partial charge < -0.3 is 10.0 Å². The van der Waals surface area contributed by atoms with Gasteiger partial charge in [0.15, 0.2) is 0 Å². The molecule has 2 unspecified atom stereocenters. The molecule has 17 heavy (non-hydrogen) atoms. The van der Waals surface area contributed by atoms with Gasteiger partial charge in [0.1, 0.15) is 0 Å². The first kappa shape index (κ1) is 12.8. The zero-order valence-electron chi connectivity index (χ0n) is 10.8. The van der Waals surface area contributed by atoms with E-state index in [9.17, 15) is 4.79 Å². The summed E-state index contributed by atoms with van der Waals surface area (Å²) < 4.78 is 0. The van der Waals surface area contributed by atoms with Crippen molar-refractivity contribution in [3.63, 3.8) is 0 Å². The lowest BCUT2D eigenvalue weighted by atomic mass is 10.1. The van der Waals surface area contributed by atoms with Crippen LogP contribution < -0.4 is 0 Å². The van der Waals surface area contributed by atoms with Crippen LogP contribution in [0.15, 0.2) is 0 Å². The van der Waals surface area contributed by atoms with Crippen molar-refractivity contribution in [2.24, 2.45) is 0 Å². The fourth-order valence-electron chi connectivity index (χ4n) is 2.90. The van der Waals surface area contributed by atoms with E-state index in [2.05, 4.69) is 23.8 Å². The average molecular weight is 241 g/mol. The molecule has 2 fully saturated rings. The molecule has 0 aromatic carbocycles. The van der Waals surface area contributed by atoms with E-state index in [1.54, 1.807) is 0 Å². The topological polar surface area (TPSA) is 47.0 Å². The fourth-order valence-corrected chi connectivity index (χ4v) is 2.90. The Morgan fingerprint density at radius 2 is 1.94 bits per heavy atom. The summed E-state index contributed by atoms with van der Waals surface area (Å²) in [6.45, 7) is 7.42. The second-order valence-corrected chi connectivity index (χ2v) is 5.38. The molecule has 0 saturated carbocycles. The van der Waals surface area contributed by atoms with E-state index in [4.69, 9.17) is 5.11 Å². The third-order valence-electron chi connectivity index (χ3n) is 4.15. The largest absolute Gasteiger partial charge is 0.480 e. The highest BCUT2D eigenvalue weighted by Crippen LogP contribution is 2.21. The number of hydrogen-bond acceptors (Lipinski definition) is 4. The first-order chi connectivity index (χ1) is 8.06. The molecule has 0 amide bonds. The molecule has 1 N–H and O–H groups in total. The summed E-state index contributed by atoms with van der Waals surface area (Å²) in [7, 11) is 2.19. The molecule has 5 heteroatoms. The summed E-state index contributed by atoms with van der Waals surface area (Å²) in [5, 5.41) is 8.75. The molecule has 98 valence electrons. The molecule has 0 spiro atoms. The van der Waals surface area contributed by atoms with Crippen LogP contribution in [-0.4, -0.2) is 84.2 Å². The quantitative estimate of drug-likeness (QED) is 0.740. The lowest BCUT2D eigenvalue weighted by Crippen LogP contribution is -2.51. The van der Waals surface area contributed by atoms with Gasteiger partial charge in [-0.3, -0.25) is 14.6 Å². The summed E-state index contributed by atoms with van der Waals surface area (Å²) in [4.78, 5) is 17.6. The van der Waals surface area contributed by atoms with E-state index in [0.717, 1.165) is 32.7 Å². The maximum atomic E-state index is 10.6. The molecule has 2 aliphatic heterocycles. The summed E-state index contributed by atoms with van der Waals surface area (Å²) >= 11 is 0. The summed E-state index contributed by atoms with van der Waals surface area (Å²) in [5.41, 5.74) is 0. The molecule has 0 radical (unpaired) electrons. The van der Waals surface area contributed by atoms with E-state index in [1.807, 2.05) is 4.90 Å². The van der Waals surface area contributed by atoms with Gasteiger partial charge in [-0.1, -0.05) is 0 Å². The normalized spacial score (nSPS) is 33.1. The lowest BCUT2D eigenvalue weighted by molar-refractivity contribution is -0.138. The van der Waals surface area contributed by atoms with E-state index >= 15 is 0 Å². The maximum absolute atomic E-state index is 10.6. The van der Waals surface area contributed by atoms with Crippen LogP contribution in [0.3, 0.4) is 0 Å². The van der Waals surface area contributed by atoms with Gasteiger partial charge in [0.2, 0.25) is 0 Å². The van der Waals surface area contributed by atoms with E-state index in [1.165, 1.54) is 6.42 Å². The zero-order valence-corrected chi connectivity index (χ0v) is 10.8. The summed E-state index contributed by atoms with van der Waals surface area (Å²) in [6.07, 6.45) is 1.25. The molecule has 2 rings (SSSR count). The molecule has 2 saturated heterocycles. The summed E-state index contributed by atoms with van der Waals surface area (Å²) in [6, 6.07) is 1.35. The Morgan fingerprint density at radius 3 is 2.41 bits per heavy atom. The minimum Gasteiger partial charge on any atom is -0.480 e. The molecular weight excluding hydrogens is 218 g/mol. The Morgan fingerprint density at radius 1 is 1.29 bits per heavy atom. The number of likely N-dealkylation sites (N-methyl/N-ethyl adjacent to an activating group) is 1. The monoisotopic (exact) mass is 241 g/mol. The van der Waals surface area contributed by atoms with Crippen LogP contribution in [0.1, 0.15) is 13.3 Å². The van der Waals surface area contributed by atoms with Crippen LogP contribution in [0.5, 0.6) is 0 Å². The Hall–Kier alpha value is -0.650. The SMILES string of the molecule is CC1CC(N2CCN(CC(=O)O)CC2)CN1C. The van der Waals surface area contributed by atoms with Crippen molar-refractivity contribution in [3.8, 4) is 0 Å². The van der Waals surface area contributed by atoms with Crippen molar-refractivity contribution in [2.75, 3.05) is 46.3 Å². The third kappa shape index (κ3) is 3.18. The van der Waals surface area contributed by atoms with E-state index in [0.29, 0.717) is 12.1 Å². The minimum atomic E-state index is -0.715. The Balaban J connectivity index is 1.77. The molecule has 2 aliphatic rings. The van der Waals surface area contributed by atoms with Gasteiger partial charge in [0.05, 0.1) is 6.54 Å². The fraction of sp³-hybridized carbons (Fsp3) is 0.917. The highest BCUT2D eigenvalue weighted by molar-refractivity contribution is 5.69. The van der Waals surface area contributed by atoms with Gasteiger partial charge in [-0.25, -0.2) is 0 Å². The van der Waals surface area contributed by atoms with Gasteiger partial charge in [-0.15, -0.1) is 0 Å². The minimum absolute atomic E-state index is 0.189. The second-order valence-electron chi connectivity index (χ2n) is 5.38. The van der Waals surface area contributed by atoms with Crippen LogP contribution >= 0.6 is 0 Å². The third-order valence-corrected chi connectivity index (χ3v) is 4.15. The number of carboxylic acids is 1. The van der Waals surface area contributed by atoms with Crippen LogP contribution in [0.25, 0.3) is 0 Å². The number of carboxylic acid groups (broad SMARTS) is 1. The van der Waals surface area contributed by atoms with Crippen molar-refractivity contribution in [3.05, 3.63) is 0 Å². The molecule has 0 bridgehead atoms. The molecular formula is C12H23N3O2. The van der Waals surface area contributed by atoms with Crippen molar-refractivity contribution in [2.45, 2.75) is 25.4 Å². The molecule has 2 atom stereocenters. The van der Waals surface area contributed by atoms with Crippen LogP contribution in [-0.2, 0) is 4.79 Å². The molecule has 0 aromatic heterocycles.